The van der Waals surface area contributed by atoms with E-state index in [0.717, 1.165) is 17.1 Å². The molecule has 0 amide bonds. The van der Waals surface area contributed by atoms with Crippen LogP contribution in [0.15, 0.2) is 34.7 Å². The molecule has 1 atom stereocenters. The molecule has 0 radical (unpaired) electrons. The first-order valence-corrected chi connectivity index (χ1v) is 8.05. The molecule has 0 saturated heterocycles. The molecule has 0 saturated carbocycles. The molecule has 5 heteroatoms. The molecule has 4 nitrogen and oxygen atoms in total. The topological polar surface area (TPSA) is 53.7 Å². The van der Waals surface area contributed by atoms with Crippen LogP contribution in [0, 0.1) is 0 Å². The average Bonchev–Trinajstić information content (AvgIpc) is 2.92. The molecule has 1 aliphatic heterocycles. The van der Waals surface area contributed by atoms with Crippen LogP contribution in [0.25, 0.3) is 0 Å². The van der Waals surface area contributed by atoms with E-state index in [1.54, 1.807) is 6.07 Å². The van der Waals surface area contributed by atoms with Gasteiger partial charge in [0.05, 0.1) is 6.54 Å². The van der Waals surface area contributed by atoms with Crippen molar-refractivity contribution in [2.75, 3.05) is 4.90 Å². The van der Waals surface area contributed by atoms with E-state index in [0.29, 0.717) is 18.2 Å². The summed E-state index contributed by atoms with van der Waals surface area (Å²) in [5.74, 6) is -0.0125. The Bertz CT molecular complexity index is 750. The second kappa shape index (κ2) is 5.60. The molecular weight excluding hydrogens is 314 g/mol. The number of carbonyl (C=O) groups is 1. The fourth-order valence-corrected chi connectivity index (χ4v) is 3.67. The molecule has 0 fully saturated rings. The molecule has 0 unspecified atom stereocenters. The lowest BCUT2D eigenvalue weighted by Gasteiger charge is -2.47. The van der Waals surface area contributed by atoms with Crippen molar-refractivity contribution in [1.29, 1.82) is 0 Å². The number of benzene rings is 1. The van der Waals surface area contributed by atoms with Gasteiger partial charge in [-0.25, -0.2) is 4.79 Å². The first-order valence-electron chi connectivity index (χ1n) is 7.67. The summed E-state index contributed by atoms with van der Waals surface area (Å²) in [6, 6.07) is 9.18. The van der Waals surface area contributed by atoms with Crippen molar-refractivity contribution in [2.45, 2.75) is 45.2 Å². The summed E-state index contributed by atoms with van der Waals surface area (Å²) < 4.78 is 5.44. The maximum atomic E-state index is 11.0. The number of hydrogen-bond acceptors (Lipinski definition) is 3. The Morgan fingerprint density at radius 1 is 1.39 bits per heavy atom. The number of nitrogens with zero attached hydrogens (tertiary/aromatic N) is 1. The largest absolute Gasteiger partial charge is 0.475 e. The SMILES string of the molecule is C[C@@H]1CC(C)(C)N(Cc2ccc(C(=O)O)o2)c2ccc(Cl)cc21. The number of aromatic carboxylic acids is 1. The Morgan fingerprint density at radius 3 is 2.78 bits per heavy atom. The van der Waals surface area contributed by atoms with Gasteiger partial charge in [-0.15, -0.1) is 0 Å². The molecule has 2 heterocycles. The van der Waals surface area contributed by atoms with E-state index in [4.69, 9.17) is 21.1 Å². The zero-order chi connectivity index (χ0) is 16.8. The van der Waals surface area contributed by atoms with Crippen molar-refractivity contribution in [1.82, 2.24) is 0 Å². The number of anilines is 1. The quantitative estimate of drug-likeness (QED) is 0.865. The van der Waals surface area contributed by atoms with E-state index in [1.807, 2.05) is 18.2 Å². The van der Waals surface area contributed by atoms with Crippen LogP contribution < -0.4 is 4.90 Å². The average molecular weight is 334 g/mol. The van der Waals surface area contributed by atoms with Gasteiger partial charge in [-0.2, -0.15) is 0 Å². The predicted octanol–water partition coefficient (Wildman–Crippen LogP) is 4.92. The number of hydrogen-bond donors (Lipinski definition) is 1. The summed E-state index contributed by atoms with van der Waals surface area (Å²) in [7, 11) is 0. The monoisotopic (exact) mass is 333 g/mol. The second-order valence-electron chi connectivity index (χ2n) is 6.78. The Morgan fingerprint density at radius 2 is 2.13 bits per heavy atom. The highest BCUT2D eigenvalue weighted by molar-refractivity contribution is 6.30. The van der Waals surface area contributed by atoms with Gasteiger partial charge < -0.3 is 14.4 Å². The molecule has 0 spiro atoms. The lowest BCUT2D eigenvalue weighted by atomic mass is 9.80. The number of halogens is 1. The highest BCUT2D eigenvalue weighted by atomic mass is 35.5. The van der Waals surface area contributed by atoms with Gasteiger partial charge >= 0.3 is 5.97 Å². The summed E-state index contributed by atoms with van der Waals surface area (Å²) in [4.78, 5) is 13.3. The highest BCUT2D eigenvalue weighted by Crippen LogP contribution is 2.44. The van der Waals surface area contributed by atoms with Crippen LogP contribution in [-0.4, -0.2) is 16.6 Å². The molecule has 2 aromatic rings. The van der Waals surface area contributed by atoms with E-state index >= 15 is 0 Å². The minimum Gasteiger partial charge on any atom is -0.475 e. The molecule has 1 N–H and O–H groups in total. The molecule has 23 heavy (non-hydrogen) atoms. The first-order chi connectivity index (χ1) is 10.8. The van der Waals surface area contributed by atoms with Crippen LogP contribution in [-0.2, 0) is 6.54 Å². The maximum absolute atomic E-state index is 11.0. The highest BCUT2D eigenvalue weighted by Gasteiger charge is 2.36. The van der Waals surface area contributed by atoms with E-state index < -0.39 is 5.97 Å². The van der Waals surface area contributed by atoms with Crippen molar-refractivity contribution in [3.63, 3.8) is 0 Å². The molecular formula is C18H20ClNO3. The van der Waals surface area contributed by atoms with Crippen LogP contribution in [0.4, 0.5) is 5.69 Å². The minimum atomic E-state index is -1.05. The van der Waals surface area contributed by atoms with Crippen molar-refractivity contribution in [3.8, 4) is 0 Å². The Balaban J connectivity index is 1.99. The molecule has 0 bridgehead atoms. The molecule has 122 valence electrons. The third kappa shape index (κ3) is 2.95. The molecule has 1 aromatic carbocycles. The van der Waals surface area contributed by atoms with E-state index in [-0.39, 0.29) is 11.3 Å². The van der Waals surface area contributed by atoms with E-state index in [1.165, 1.54) is 11.6 Å². The third-order valence-electron chi connectivity index (χ3n) is 4.53. The fraction of sp³-hybridized carbons (Fsp3) is 0.389. The van der Waals surface area contributed by atoms with Gasteiger partial charge in [-0.3, -0.25) is 0 Å². The first kappa shape index (κ1) is 15.9. The number of fused-ring (bicyclic) bond motifs is 1. The van der Waals surface area contributed by atoms with Crippen LogP contribution in [0.3, 0.4) is 0 Å². The Hall–Kier alpha value is -1.94. The molecule has 1 aromatic heterocycles. The van der Waals surface area contributed by atoms with Crippen LogP contribution in [0.2, 0.25) is 5.02 Å². The zero-order valence-electron chi connectivity index (χ0n) is 13.5. The number of furan rings is 1. The third-order valence-corrected chi connectivity index (χ3v) is 4.77. The predicted molar refractivity (Wildman–Crippen MR) is 90.4 cm³/mol. The fourth-order valence-electron chi connectivity index (χ4n) is 3.49. The van der Waals surface area contributed by atoms with Crippen molar-refractivity contribution in [2.24, 2.45) is 0 Å². The Labute approximate surface area is 140 Å². The van der Waals surface area contributed by atoms with Crippen LogP contribution in [0.1, 0.15) is 55.0 Å². The van der Waals surface area contributed by atoms with Gasteiger partial charge in [0, 0.05) is 16.2 Å². The summed E-state index contributed by atoms with van der Waals surface area (Å²) >= 11 is 6.16. The zero-order valence-corrected chi connectivity index (χ0v) is 14.2. The van der Waals surface area contributed by atoms with Gasteiger partial charge in [0.2, 0.25) is 5.76 Å². The molecule has 1 aliphatic rings. The number of carboxylic acids is 1. The van der Waals surface area contributed by atoms with Gasteiger partial charge in [0.1, 0.15) is 5.76 Å². The van der Waals surface area contributed by atoms with E-state index in [9.17, 15) is 4.79 Å². The van der Waals surface area contributed by atoms with Crippen LogP contribution in [0.5, 0.6) is 0 Å². The van der Waals surface area contributed by atoms with E-state index in [2.05, 4.69) is 25.7 Å². The van der Waals surface area contributed by atoms with Gasteiger partial charge in [0.25, 0.3) is 0 Å². The smallest absolute Gasteiger partial charge is 0.371 e. The standard InChI is InChI=1S/C18H20ClNO3/c1-11-9-18(2,3)20(15-6-4-12(19)8-14(11)15)10-13-5-7-16(23-13)17(21)22/h4-8,11H,9-10H2,1-3H3,(H,21,22)/t11-/m1/s1. The number of carboxylic acid groups (broad SMARTS) is 1. The van der Waals surface area contributed by atoms with Gasteiger partial charge in [-0.05, 0) is 62.1 Å². The minimum absolute atomic E-state index is 0.0282. The normalized spacial score (nSPS) is 19.5. The van der Waals surface area contributed by atoms with Crippen LogP contribution >= 0.6 is 11.6 Å². The summed E-state index contributed by atoms with van der Waals surface area (Å²) in [6.07, 6.45) is 0.993. The summed E-state index contributed by atoms with van der Waals surface area (Å²) in [5.41, 5.74) is 2.30. The lowest BCUT2D eigenvalue weighted by Crippen LogP contribution is -2.47. The number of rotatable bonds is 3. The van der Waals surface area contributed by atoms with Crippen molar-refractivity contribution in [3.05, 3.63) is 52.4 Å². The summed E-state index contributed by atoms with van der Waals surface area (Å²) in [5, 5.41) is 9.75. The van der Waals surface area contributed by atoms with Crippen molar-refractivity contribution >= 4 is 23.3 Å². The van der Waals surface area contributed by atoms with Gasteiger partial charge in [0.15, 0.2) is 0 Å². The summed E-state index contributed by atoms with van der Waals surface area (Å²) in [6.45, 7) is 7.13. The van der Waals surface area contributed by atoms with Gasteiger partial charge in [-0.1, -0.05) is 18.5 Å². The second-order valence-corrected chi connectivity index (χ2v) is 7.21. The molecule has 0 aliphatic carbocycles. The maximum Gasteiger partial charge on any atom is 0.371 e. The Kier molecular flexibility index (Phi) is 3.88. The molecule has 3 rings (SSSR count). The van der Waals surface area contributed by atoms with Crippen molar-refractivity contribution < 1.29 is 14.3 Å². The lowest BCUT2D eigenvalue weighted by molar-refractivity contribution is 0.0660.